The number of nitrogens with zero attached hydrogens (tertiary/aromatic N) is 5. The highest BCUT2D eigenvalue weighted by molar-refractivity contribution is 7.89. The van der Waals surface area contributed by atoms with Gasteiger partial charge in [0.1, 0.15) is 17.5 Å². The van der Waals surface area contributed by atoms with Gasteiger partial charge < -0.3 is 9.88 Å². The Morgan fingerprint density at radius 1 is 1.11 bits per heavy atom. The van der Waals surface area contributed by atoms with Crippen LogP contribution in [0.5, 0.6) is 0 Å². The van der Waals surface area contributed by atoms with Gasteiger partial charge in [-0.3, -0.25) is 4.79 Å². The molecule has 0 unspecified atom stereocenters. The van der Waals surface area contributed by atoms with Gasteiger partial charge in [0.25, 0.3) is 0 Å². The lowest BCUT2D eigenvalue weighted by molar-refractivity contribution is -0.116. The van der Waals surface area contributed by atoms with E-state index in [1.807, 2.05) is 18.4 Å². The quantitative estimate of drug-likeness (QED) is 0.401. The van der Waals surface area contributed by atoms with Crippen molar-refractivity contribution in [3.63, 3.8) is 0 Å². The van der Waals surface area contributed by atoms with Crippen LogP contribution < -0.4 is 5.32 Å². The second-order valence-corrected chi connectivity index (χ2v) is 10.5. The monoisotopic (exact) mass is 498 g/mol. The zero-order chi connectivity index (χ0) is 25.3. The van der Waals surface area contributed by atoms with Crippen molar-refractivity contribution in [3.05, 3.63) is 65.9 Å². The van der Waals surface area contributed by atoms with Crippen molar-refractivity contribution in [2.45, 2.75) is 38.1 Å². The Morgan fingerprint density at radius 3 is 2.49 bits per heavy atom. The van der Waals surface area contributed by atoms with Crippen molar-refractivity contribution in [2.75, 3.05) is 19.4 Å². The first-order chi connectivity index (χ1) is 16.6. The Labute approximate surface area is 203 Å². The third-order valence-electron chi connectivity index (χ3n) is 5.64. The first-order valence-corrected chi connectivity index (χ1v) is 12.6. The number of carbonyl (C=O) groups is 1. The summed E-state index contributed by atoms with van der Waals surface area (Å²) in [5.41, 5.74) is 2.72. The molecule has 0 aliphatic carbocycles. The minimum absolute atomic E-state index is 0.166. The predicted octanol–water partition coefficient (Wildman–Crippen LogP) is 3.51. The fraction of sp³-hybridized carbons (Fsp3) is 0.292. The molecule has 35 heavy (non-hydrogen) atoms. The lowest BCUT2D eigenvalue weighted by Crippen LogP contribution is -2.22. The summed E-state index contributed by atoms with van der Waals surface area (Å²) in [6.45, 7) is 4.41. The molecule has 2 aromatic heterocycles. The van der Waals surface area contributed by atoms with Gasteiger partial charge in [-0.1, -0.05) is 0 Å². The SMILES string of the molecule is CCn1c(CCC(=O)Nc2cc(C)nn2-c2ccc(F)cc2)nc2cc(S(=O)(=O)N(C)C)ccc21. The molecule has 1 N–H and O–H groups in total. The van der Waals surface area contributed by atoms with Crippen molar-refractivity contribution in [1.29, 1.82) is 0 Å². The molecule has 0 bridgehead atoms. The maximum absolute atomic E-state index is 13.3. The van der Waals surface area contributed by atoms with Gasteiger partial charge in [0, 0.05) is 39.5 Å². The number of halogens is 1. The second-order valence-electron chi connectivity index (χ2n) is 8.32. The highest BCUT2D eigenvalue weighted by atomic mass is 32.2. The van der Waals surface area contributed by atoms with Gasteiger partial charge in [-0.25, -0.2) is 26.8 Å². The van der Waals surface area contributed by atoms with E-state index in [2.05, 4.69) is 15.4 Å². The first-order valence-electron chi connectivity index (χ1n) is 11.1. The van der Waals surface area contributed by atoms with E-state index in [9.17, 15) is 17.6 Å². The topological polar surface area (TPSA) is 102 Å². The number of sulfonamides is 1. The summed E-state index contributed by atoms with van der Waals surface area (Å²) in [5, 5.41) is 7.26. The van der Waals surface area contributed by atoms with Gasteiger partial charge in [0.05, 0.1) is 27.3 Å². The molecule has 4 rings (SSSR count). The van der Waals surface area contributed by atoms with Crippen LogP contribution in [0.1, 0.15) is 24.9 Å². The standard InChI is InChI=1S/C24H27FN6O3S/c1-5-30-21-11-10-19(35(33,34)29(3)4)15-20(21)26-22(30)12-13-24(32)27-23-14-16(2)28-31(23)18-8-6-17(25)7-9-18/h6-11,14-15H,5,12-13H2,1-4H3,(H,27,32). The number of rotatable bonds is 8. The number of imidazole rings is 1. The molecule has 11 heteroatoms. The molecule has 184 valence electrons. The molecule has 0 spiro atoms. The van der Waals surface area contributed by atoms with E-state index in [0.29, 0.717) is 41.5 Å². The average molecular weight is 499 g/mol. The Hall–Kier alpha value is -3.57. The molecule has 4 aromatic rings. The smallest absolute Gasteiger partial charge is 0.242 e. The van der Waals surface area contributed by atoms with Crippen molar-refractivity contribution >= 4 is 32.8 Å². The van der Waals surface area contributed by atoms with Gasteiger partial charge in [-0.15, -0.1) is 0 Å². The molecule has 0 radical (unpaired) electrons. The molecule has 9 nitrogen and oxygen atoms in total. The maximum atomic E-state index is 13.3. The summed E-state index contributed by atoms with van der Waals surface area (Å²) < 4.78 is 43.0. The van der Waals surface area contributed by atoms with Crippen molar-refractivity contribution in [1.82, 2.24) is 23.6 Å². The van der Waals surface area contributed by atoms with Crippen LogP contribution in [0.15, 0.2) is 53.4 Å². The van der Waals surface area contributed by atoms with Crippen molar-refractivity contribution in [3.8, 4) is 5.69 Å². The van der Waals surface area contributed by atoms with E-state index in [0.717, 1.165) is 9.82 Å². The fourth-order valence-corrected chi connectivity index (χ4v) is 4.79. The Morgan fingerprint density at radius 2 is 1.83 bits per heavy atom. The van der Waals surface area contributed by atoms with Gasteiger partial charge in [0.15, 0.2) is 0 Å². The Balaban J connectivity index is 1.53. The summed E-state index contributed by atoms with van der Waals surface area (Å²) in [6, 6.07) is 12.5. The van der Waals surface area contributed by atoms with Crippen LogP contribution in [0.3, 0.4) is 0 Å². The van der Waals surface area contributed by atoms with Gasteiger partial charge >= 0.3 is 0 Å². The molecule has 0 aliphatic rings. The first kappa shape index (κ1) is 24.6. The molecular formula is C24H27FN6O3S. The molecule has 2 heterocycles. The third kappa shape index (κ3) is 4.96. The van der Waals surface area contributed by atoms with Crippen molar-refractivity contribution < 1.29 is 17.6 Å². The Kier molecular flexibility index (Phi) is 6.73. The number of carbonyl (C=O) groups excluding carboxylic acids is 1. The normalized spacial score (nSPS) is 11.9. The largest absolute Gasteiger partial charge is 0.328 e. The minimum atomic E-state index is -3.58. The van der Waals surface area contributed by atoms with Crippen LogP contribution in [-0.4, -0.2) is 52.1 Å². The number of amides is 1. The van der Waals surface area contributed by atoms with Crippen LogP contribution in [0.2, 0.25) is 0 Å². The summed E-state index contributed by atoms with van der Waals surface area (Å²) in [5.74, 6) is 0.606. The number of hydrogen-bond acceptors (Lipinski definition) is 5. The average Bonchev–Trinajstić information content (AvgIpc) is 3.36. The van der Waals surface area contributed by atoms with E-state index < -0.39 is 10.0 Å². The van der Waals surface area contributed by atoms with Crippen molar-refractivity contribution in [2.24, 2.45) is 0 Å². The Bertz CT molecular complexity index is 1490. The minimum Gasteiger partial charge on any atom is -0.328 e. The van der Waals surface area contributed by atoms with E-state index >= 15 is 0 Å². The van der Waals surface area contributed by atoms with E-state index in [-0.39, 0.29) is 23.0 Å². The molecule has 0 saturated heterocycles. The number of benzene rings is 2. The van der Waals surface area contributed by atoms with E-state index in [4.69, 9.17) is 0 Å². The lowest BCUT2D eigenvalue weighted by Gasteiger charge is -2.11. The summed E-state index contributed by atoms with van der Waals surface area (Å²) in [4.78, 5) is 17.6. The second kappa shape index (κ2) is 9.59. The number of aromatic nitrogens is 4. The summed E-state index contributed by atoms with van der Waals surface area (Å²) >= 11 is 0. The zero-order valence-corrected chi connectivity index (χ0v) is 20.8. The molecular weight excluding hydrogens is 471 g/mol. The molecule has 0 fully saturated rings. The highest BCUT2D eigenvalue weighted by Gasteiger charge is 2.20. The predicted molar refractivity (Wildman–Crippen MR) is 131 cm³/mol. The zero-order valence-electron chi connectivity index (χ0n) is 20.0. The molecule has 0 atom stereocenters. The van der Waals surface area contributed by atoms with Gasteiger partial charge in [-0.05, 0) is 56.3 Å². The van der Waals surface area contributed by atoms with Gasteiger partial charge in [-0.2, -0.15) is 5.10 Å². The van der Waals surface area contributed by atoms with Crippen LogP contribution in [0, 0.1) is 12.7 Å². The van der Waals surface area contributed by atoms with Crippen LogP contribution in [0.25, 0.3) is 16.7 Å². The summed E-state index contributed by atoms with van der Waals surface area (Å²) in [7, 11) is -0.608. The van der Waals surface area contributed by atoms with E-state index in [1.165, 1.54) is 26.2 Å². The molecule has 0 aliphatic heterocycles. The molecule has 2 aromatic carbocycles. The number of hydrogen-bond donors (Lipinski definition) is 1. The maximum Gasteiger partial charge on any atom is 0.242 e. The molecule has 0 saturated carbocycles. The number of aryl methyl sites for hydroxylation is 3. The number of nitrogens with one attached hydrogen (secondary N) is 1. The lowest BCUT2D eigenvalue weighted by atomic mass is 10.2. The van der Waals surface area contributed by atoms with Gasteiger partial charge in [0.2, 0.25) is 15.9 Å². The van der Waals surface area contributed by atoms with Crippen LogP contribution >= 0.6 is 0 Å². The van der Waals surface area contributed by atoms with E-state index in [1.54, 1.807) is 41.1 Å². The van der Waals surface area contributed by atoms with Crippen LogP contribution in [0.4, 0.5) is 10.2 Å². The highest BCUT2D eigenvalue weighted by Crippen LogP contribution is 2.23. The fourth-order valence-electron chi connectivity index (χ4n) is 3.87. The molecule has 1 amide bonds. The number of fused-ring (bicyclic) bond motifs is 1. The van der Waals surface area contributed by atoms with Crippen LogP contribution in [-0.2, 0) is 27.8 Å². The third-order valence-corrected chi connectivity index (χ3v) is 7.45. The number of anilines is 1. The summed E-state index contributed by atoms with van der Waals surface area (Å²) in [6.07, 6.45) is 0.535.